The highest BCUT2D eigenvalue weighted by Gasteiger charge is 2.14. The Balaban J connectivity index is 1.56. The highest BCUT2D eigenvalue weighted by atomic mass is 35.5. The van der Waals surface area contributed by atoms with Crippen LogP contribution in [0.4, 0.5) is 5.13 Å². The van der Waals surface area contributed by atoms with Crippen molar-refractivity contribution in [2.45, 2.75) is 0 Å². The van der Waals surface area contributed by atoms with Crippen molar-refractivity contribution in [2.24, 2.45) is 0 Å². The Morgan fingerprint density at radius 3 is 2.59 bits per heavy atom. The van der Waals surface area contributed by atoms with Crippen LogP contribution in [-0.4, -0.2) is 30.6 Å². The summed E-state index contributed by atoms with van der Waals surface area (Å²) in [6.07, 6.45) is 0. The van der Waals surface area contributed by atoms with E-state index in [4.69, 9.17) is 21.1 Å². The molecule has 0 bridgehead atoms. The molecule has 1 N–H and O–H groups in total. The molecule has 2 aromatic carbocycles. The summed E-state index contributed by atoms with van der Waals surface area (Å²) in [5, 5.41) is 5.12. The van der Waals surface area contributed by atoms with Gasteiger partial charge in [-0.2, -0.15) is 0 Å². The molecule has 0 radical (unpaired) electrons. The molecule has 27 heavy (non-hydrogen) atoms. The maximum absolute atomic E-state index is 12.0. The number of nitrogens with one attached hydrogen (secondary N) is 1. The van der Waals surface area contributed by atoms with Gasteiger partial charge < -0.3 is 9.47 Å². The molecule has 0 fully saturated rings. The molecule has 0 saturated heterocycles. The maximum Gasteiger partial charge on any atom is 0.340 e. The van der Waals surface area contributed by atoms with Crippen LogP contribution < -0.4 is 10.1 Å². The largest absolute Gasteiger partial charge is 0.497 e. The van der Waals surface area contributed by atoms with Crippen molar-refractivity contribution in [1.82, 2.24) is 4.98 Å². The maximum atomic E-state index is 12.0. The number of hydrogen-bond donors (Lipinski definition) is 1. The molecule has 6 nitrogen and oxygen atoms in total. The van der Waals surface area contributed by atoms with Crippen LogP contribution in [0.25, 0.3) is 11.3 Å². The van der Waals surface area contributed by atoms with Gasteiger partial charge in [-0.15, -0.1) is 11.3 Å². The summed E-state index contributed by atoms with van der Waals surface area (Å²) in [4.78, 5) is 28.3. The van der Waals surface area contributed by atoms with Gasteiger partial charge in [0.1, 0.15) is 5.75 Å². The smallest absolute Gasteiger partial charge is 0.340 e. The minimum Gasteiger partial charge on any atom is -0.497 e. The Kier molecular flexibility index (Phi) is 6.05. The van der Waals surface area contributed by atoms with Gasteiger partial charge in [-0.05, 0) is 36.4 Å². The minimum atomic E-state index is -0.659. The molecular formula is C19H15ClN2O4S. The van der Waals surface area contributed by atoms with Gasteiger partial charge in [-0.25, -0.2) is 9.78 Å². The third kappa shape index (κ3) is 4.84. The molecule has 1 aromatic heterocycles. The van der Waals surface area contributed by atoms with Gasteiger partial charge in [0.05, 0.1) is 23.4 Å². The number of halogens is 1. The molecule has 1 heterocycles. The standard InChI is InChI=1S/C19H15ClN2O4S/c1-25-13-8-6-12(7-9-13)16-11-27-19(21-16)22-17(23)10-26-18(24)14-4-2-3-5-15(14)20/h2-9,11H,10H2,1H3,(H,21,22,23). The lowest BCUT2D eigenvalue weighted by molar-refractivity contribution is -0.119. The van der Waals surface area contributed by atoms with Crippen LogP contribution >= 0.6 is 22.9 Å². The first kappa shape index (κ1) is 18.9. The van der Waals surface area contributed by atoms with Crippen molar-refractivity contribution >= 4 is 39.9 Å². The van der Waals surface area contributed by atoms with E-state index in [0.29, 0.717) is 5.13 Å². The number of rotatable bonds is 6. The van der Waals surface area contributed by atoms with Crippen molar-refractivity contribution in [2.75, 3.05) is 19.0 Å². The zero-order chi connectivity index (χ0) is 19.2. The molecule has 0 saturated carbocycles. The quantitative estimate of drug-likeness (QED) is 0.623. The van der Waals surface area contributed by atoms with Gasteiger partial charge in [0, 0.05) is 10.9 Å². The van der Waals surface area contributed by atoms with E-state index in [9.17, 15) is 9.59 Å². The molecular weight excluding hydrogens is 388 g/mol. The van der Waals surface area contributed by atoms with Crippen molar-refractivity contribution < 1.29 is 19.1 Å². The van der Waals surface area contributed by atoms with E-state index >= 15 is 0 Å². The highest BCUT2D eigenvalue weighted by Crippen LogP contribution is 2.26. The summed E-state index contributed by atoms with van der Waals surface area (Å²) in [6, 6.07) is 13.9. The second-order valence-electron chi connectivity index (χ2n) is 5.37. The molecule has 0 spiro atoms. The fourth-order valence-electron chi connectivity index (χ4n) is 2.22. The van der Waals surface area contributed by atoms with Crippen LogP contribution in [0, 0.1) is 0 Å². The molecule has 8 heteroatoms. The Hall–Kier alpha value is -2.90. The molecule has 0 aliphatic rings. The number of esters is 1. The summed E-state index contributed by atoms with van der Waals surface area (Å²) >= 11 is 7.21. The number of thiazole rings is 1. The number of aromatic nitrogens is 1. The van der Waals surface area contributed by atoms with Crippen LogP contribution in [-0.2, 0) is 9.53 Å². The van der Waals surface area contributed by atoms with E-state index in [1.54, 1.807) is 25.3 Å². The number of benzene rings is 2. The van der Waals surface area contributed by atoms with Gasteiger partial charge in [-0.3, -0.25) is 10.1 Å². The lowest BCUT2D eigenvalue weighted by atomic mass is 10.2. The summed E-state index contributed by atoms with van der Waals surface area (Å²) < 4.78 is 10.1. The molecule has 0 aliphatic heterocycles. The summed E-state index contributed by atoms with van der Waals surface area (Å²) in [5.41, 5.74) is 1.84. The Morgan fingerprint density at radius 1 is 1.15 bits per heavy atom. The second-order valence-corrected chi connectivity index (χ2v) is 6.64. The SMILES string of the molecule is COc1ccc(-c2csc(NC(=O)COC(=O)c3ccccc3Cl)n2)cc1. The fourth-order valence-corrected chi connectivity index (χ4v) is 3.17. The minimum absolute atomic E-state index is 0.211. The average Bonchev–Trinajstić information content (AvgIpc) is 3.15. The molecule has 1 amide bonds. The van der Waals surface area contributed by atoms with Crippen LogP contribution in [0.2, 0.25) is 5.02 Å². The monoisotopic (exact) mass is 402 g/mol. The lowest BCUT2D eigenvalue weighted by Crippen LogP contribution is -2.21. The van der Waals surface area contributed by atoms with Gasteiger partial charge in [0.2, 0.25) is 0 Å². The number of carbonyl (C=O) groups is 2. The summed E-state index contributed by atoms with van der Waals surface area (Å²) in [6.45, 7) is -0.429. The van der Waals surface area contributed by atoms with Crippen LogP contribution in [0.3, 0.4) is 0 Å². The zero-order valence-corrected chi connectivity index (χ0v) is 15.8. The first-order chi connectivity index (χ1) is 13.1. The van der Waals surface area contributed by atoms with E-state index in [-0.39, 0.29) is 10.6 Å². The summed E-state index contributed by atoms with van der Waals surface area (Å²) in [5.74, 6) is -0.386. The third-order valence-electron chi connectivity index (χ3n) is 3.56. The van der Waals surface area contributed by atoms with E-state index in [0.717, 1.165) is 17.0 Å². The number of hydrogen-bond acceptors (Lipinski definition) is 6. The number of carbonyl (C=O) groups excluding carboxylic acids is 2. The summed E-state index contributed by atoms with van der Waals surface area (Å²) in [7, 11) is 1.60. The van der Waals surface area contributed by atoms with Crippen LogP contribution in [0.15, 0.2) is 53.9 Å². The van der Waals surface area contributed by atoms with Crippen LogP contribution in [0.1, 0.15) is 10.4 Å². The van der Waals surface area contributed by atoms with Gasteiger partial charge in [-0.1, -0.05) is 23.7 Å². The van der Waals surface area contributed by atoms with E-state index in [1.165, 1.54) is 17.4 Å². The topological polar surface area (TPSA) is 77.5 Å². The zero-order valence-electron chi connectivity index (χ0n) is 14.3. The van der Waals surface area contributed by atoms with Crippen molar-refractivity contribution in [3.8, 4) is 17.0 Å². The van der Waals surface area contributed by atoms with E-state index in [1.807, 2.05) is 29.6 Å². The normalized spacial score (nSPS) is 10.3. The predicted octanol–water partition coefficient (Wildman–Crippen LogP) is 4.27. The fraction of sp³-hybridized carbons (Fsp3) is 0.105. The third-order valence-corrected chi connectivity index (χ3v) is 4.65. The number of ether oxygens (including phenoxy) is 2. The molecule has 3 aromatic rings. The molecule has 0 unspecified atom stereocenters. The first-order valence-corrected chi connectivity index (χ1v) is 9.14. The number of amides is 1. The van der Waals surface area contributed by atoms with Gasteiger partial charge in [0.15, 0.2) is 11.7 Å². The number of methoxy groups -OCH3 is 1. The highest BCUT2D eigenvalue weighted by molar-refractivity contribution is 7.14. The molecule has 0 atom stereocenters. The first-order valence-electron chi connectivity index (χ1n) is 7.88. The van der Waals surface area contributed by atoms with Crippen molar-refractivity contribution in [3.05, 3.63) is 64.5 Å². The van der Waals surface area contributed by atoms with E-state index in [2.05, 4.69) is 10.3 Å². The molecule has 3 rings (SSSR count). The van der Waals surface area contributed by atoms with E-state index < -0.39 is 18.5 Å². The molecule has 0 aliphatic carbocycles. The average molecular weight is 403 g/mol. The second kappa shape index (κ2) is 8.66. The Morgan fingerprint density at radius 2 is 1.89 bits per heavy atom. The molecule has 138 valence electrons. The predicted molar refractivity (Wildman–Crippen MR) is 104 cm³/mol. The number of nitrogens with zero attached hydrogens (tertiary/aromatic N) is 1. The Labute approximate surface area is 164 Å². The van der Waals surface area contributed by atoms with Crippen molar-refractivity contribution in [1.29, 1.82) is 0 Å². The Bertz CT molecular complexity index is 956. The van der Waals surface area contributed by atoms with Gasteiger partial charge >= 0.3 is 5.97 Å². The van der Waals surface area contributed by atoms with Crippen LogP contribution in [0.5, 0.6) is 5.75 Å². The number of anilines is 1. The van der Waals surface area contributed by atoms with Crippen molar-refractivity contribution in [3.63, 3.8) is 0 Å². The lowest BCUT2D eigenvalue weighted by Gasteiger charge is -2.05. The van der Waals surface area contributed by atoms with Gasteiger partial charge in [0.25, 0.3) is 5.91 Å².